The molecule has 228 valence electrons. The molecule has 0 spiro atoms. The predicted molar refractivity (Wildman–Crippen MR) is 211 cm³/mol. The van der Waals surface area contributed by atoms with Crippen LogP contribution in [0.1, 0.15) is 0 Å². The molecule has 0 unspecified atom stereocenters. The normalized spacial score (nSPS) is 12.1. The van der Waals surface area contributed by atoms with Gasteiger partial charge < -0.3 is 4.57 Å². The number of hydrogen-bond acceptors (Lipinski definition) is 4. The second kappa shape index (κ2) is 10.3. The largest absolute Gasteiger partial charge is 0.309 e. The van der Waals surface area contributed by atoms with Crippen LogP contribution in [0.15, 0.2) is 152 Å². The summed E-state index contributed by atoms with van der Waals surface area (Å²) < 4.78 is 7.56. The number of nitrogens with zero attached hydrogens (tertiary/aromatic N) is 3. The number of para-hydroxylation sites is 2. The Morgan fingerprint density at radius 1 is 0.449 bits per heavy atom. The monoisotopic (exact) mass is 659 g/mol. The van der Waals surface area contributed by atoms with Crippen LogP contribution in [0.4, 0.5) is 0 Å². The van der Waals surface area contributed by atoms with E-state index in [-0.39, 0.29) is 0 Å². The molecule has 0 aliphatic carbocycles. The minimum Gasteiger partial charge on any atom is -0.309 e. The lowest BCUT2D eigenvalue weighted by Crippen LogP contribution is -1.98. The Kier molecular flexibility index (Phi) is 5.70. The maximum atomic E-state index is 5.36. The van der Waals surface area contributed by atoms with Gasteiger partial charge in [0.05, 0.1) is 22.2 Å². The van der Waals surface area contributed by atoms with Gasteiger partial charge >= 0.3 is 0 Å². The van der Waals surface area contributed by atoms with Crippen LogP contribution < -0.4 is 0 Å². The highest BCUT2D eigenvalue weighted by Gasteiger charge is 2.21. The molecule has 5 heteroatoms. The third kappa shape index (κ3) is 3.94. The summed E-state index contributed by atoms with van der Waals surface area (Å²) in [6.45, 7) is 0. The topological polar surface area (TPSA) is 30.7 Å². The number of thiophene rings is 2. The maximum Gasteiger partial charge on any atom is 0.161 e. The standard InChI is InChI=1S/C44H25N3S2/c1-2-12-26(13-3-1)41-31-16-4-8-18-35(31)45-44(46-41)34-25-27(24-33-29-15-7-11-21-39(29)48-42(33)34)47-36-19-9-5-17-32(36)40-37(47)23-22-30-28-14-6-10-20-38(28)49-43(30)40/h1-25H. The van der Waals surface area contributed by atoms with Crippen LogP contribution in [0.5, 0.6) is 0 Å². The van der Waals surface area contributed by atoms with Crippen molar-refractivity contribution in [1.82, 2.24) is 14.5 Å². The zero-order valence-corrected chi connectivity index (χ0v) is 27.7. The Bertz CT molecular complexity index is 3110. The molecule has 0 atom stereocenters. The van der Waals surface area contributed by atoms with Gasteiger partial charge in [-0.25, -0.2) is 9.97 Å². The zero-order chi connectivity index (χ0) is 32.1. The van der Waals surface area contributed by atoms with E-state index in [1.165, 1.54) is 62.2 Å². The molecule has 49 heavy (non-hydrogen) atoms. The fraction of sp³-hybridized carbons (Fsp3) is 0. The van der Waals surface area contributed by atoms with Gasteiger partial charge in [0.1, 0.15) is 0 Å². The van der Waals surface area contributed by atoms with Gasteiger partial charge in [-0.05, 0) is 42.5 Å². The fourth-order valence-electron chi connectivity index (χ4n) is 7.63. The van der Waals surface area contributed by atoms with Crippen LogP contribution in [-0.4, -0.2) is 14.5 Å². The van der Waals surface area contributed by atoms with E-state index in [2.05, 4.69) is 156 Å². The average molecular weight is 660 g/mol. The molecule has 0 saturated carbocycles. The molecule has 4 aromatic heterocycles. The highest BCUT2D eigenvalue weighted by molar-refractivity contribution is 7.27. The van der Waals surface area contributed by atoms with Crippen molar-refractivity contribution in [2.75, 3.05) is 0 Å². The number of hydrogen-bond donors (Lipinski definition) is 0. The number of benzene rings is 7. The van der Waals surface area contributed by atoms with Crippen LogP contribution in [0.25, 0.3) is 101 Å². The summed E-state index contributed by atoms with van der Waals surface area (Å²) in [7, 11) is 0. The molecule has 11 rings (SSSR count). The Morgan fingerprint density at radius 3 is 1.92 bits per heavy atom. The minimum absolute atomic E-state index is 0.739. The Balaban J connectivity index is 1.27. The van der Waals surface area contributed by atoms with Crippen molar-refractivity contribution in [2.45, 2.75) is 0 Å². The number of fused-ring (bicyclic) bond motifs is 11. The molecule has 0 radical (unpaired) electrons. The van der Waals surface area contributed by atoms with Crippen molar-refractivity contribution in [1.29, 1.82) is 0 Å². The van der Waals surface area contributed by atoms with Gasteiger partial charge in [-0.1, -0.05) is 109 Å². The van der Waals surface area contributed by atoms with Crippen LogP contribution in [0, 0.1) is 0 Å². The third-order valence-corrected chi connectivity index (χ3v) is 12.2. The first-order chi connectivity index (χ1) is 24.3. The molecule has 0 N–H and O–H groups in total. The van der Waals surface area contributed by atoms with E-state index >= 15 is 0 Å². The summed E-state index contributed by atoms with van der Waals surface area (Å²) in [6.07, 6.45) is 0. The maximum absolute atomic E-state index is 5.36. The van der Waals surface area contributed by atoms with Crippen molar-refractivity contribution in [2.24, 2.45) is 0 Å². The molecular weight excluding hydrogens is 635 g/mol. The van der Waals surface area contributed by atoms with Crippen molar-refractivity contribution >= 4 is 95.7 Å². The summed E-state index contributed by atoms with van der Waals surface area (Å²) in [5.41, 5.74) is 7.52. The first-order valence-electron chi connectivity index (χ1n) is 16.4. The van der Waals surface area contributed by atoms with Gasteiger partial charge in [0.15, 0.2) is 5.82 Å². The van der Waals surface area contributed by atoms with Gasteiger partial charge in [0.2, 0.25) is 0 Å². The van der Waals surface area contributed by atoms with Crippen LogP contribution in [0.2, 0.25) is 0 Å². The molecule has 7 aromatic carbocycles. The molecule has 0 aliphatic heterocycles. The van der Waals surface area contributed by atoms with E-state index < -0.39 is 0 Å². The second-order valence-corrected chi connectivity index (χ2v) is 14.6. The molecule has 0 fully saturated rings. The first kappa shape index (κ1) is 27.1. The molecule has 4 heterocycles. The van der Waals surface area contributed by atoms with Gasteiger partial charge in [-0.2, -0.15) is 0 Å². The van der Waals surface area contributed by atoms with E-state index in [0.29, 0.717) is 0 Å². The van der Waals surface area contributed by atoms with Crippen LogP contribution >= 0.6 is 22.7 Å². The molecule has 3 nitrogen and oxygen atoms in total. The molecule has 0 bridgehead atoms. The molecule has 11 aromatic rings. The lowest BCUT2D eigenvalue weighted by molar-refractivity contribution is 1.18. The van der Waals surface area contributed by atoms with E-state index in [1.54, 1.807) is 0 Å². The molecule has 0 saturated heterocycles. The third-order valence-electron chi connectivity index (χ3n) is 9.79. The Morgan fingerprint density at radius 2 is 1.10 bits per heavy atom. The highest BCUT2D eigenvalue weighted by Crippen LogP contribution is 2.46. The van der Waals surface area contributed by atoms with Crippen molar-refractivity contribution in [3.63, 3.8) is 0 Å². The SMILES string of the molecule is c1ccc(-c2nc(-c3cc(-n4c5ccccc5c5c6sc7ccccc7c6ccc54)cc4c3sc3ccccc34)nc3ccccc23)cc1. The summed E-state index contributed by atoms with van der Waals surface area (Å²) >= 11 is 3.71. The van der Waals surface area contributed by atoms with Gasteiger partial charge in [-0.15, -0.1) is 22.7 Å². The van der Waals surface area contributed by atoms with E-state index in [4.69, 9.17) is 9.97 Å². The van der Waals surface area contributed by atoms with E-state index in [1.807, 2.05) is 22.7 Å². The van der Waals surface area contributed by atoms with E-state index in [9.17, 15) is 0 Å². The fourth-order valence-corrected chi connectivity index (χ4v) is 10.1. The Hall–Kier alpha value is -5.88. The second-order valence-electron chi connectivity index (χ2n) is 12.5. The summed E-state index contributed by atoms with van der Waals surface area (Å²) in [4.78, 5) is 10.6. The molecule has 0 aliphatic rings. The minimum atomic E-state index is 0.739. The summed E-state index contributed by atoms with van der Waals surface area (Å²) in [6, 6.07) is 54.5. The predicted octanol–water partition coefficient (Wildman–Crippen LogP) is 12.8. The van der Waals surface area contributed by atoms with Gasteiger partial charge in [0.25, 0.3) is 0 Å². The Labute approximate surface area is 289 Å². The molecule has 0 amide bonds. The van der Waals surface area contributed by atoms with Gasteiger partial charge in [-0.3, -0.25) is 0 Å². The number of aromatic nitrogens is 3. The van der Waals surface area contributed by atoms with Crippen molar-refractivity contribution in [3.05, 3.63) is 152 Å². The lowest BCUT2D eigenvalue weighted by Gasteiger charge is -2.13. The summed E-state index contributed by atoms with van der Waals surface area (Å²) in [5, 5.41) is 8.73. The molecular formula is C44H25N3S2. The highest BCUT2D eigenvalue weighted by atomic mass is 32.1. The van der Waals surface area contributed by atoms with Crippen molar-refractivity contribution in [3.8, 4) is 28.3 Å². The van der Waals surface area contributed by atoms with Crippen LogP contribution in [-0.2, 0) is 0 Å². The quantitative estimate of drug-likeness (QED) is 0.189. The van der Waals surface area contributed by atoms with Gasteiger partial charge in [0, 0.05) is 73.3 Å². The lowest BCUT2D eigenvalue weighted by atomic mass is 10.0. The van der Waals surface area contributed by atoms with Crippen LogP contribution in [0.3, 0.4) is 0 Å². The summed E-state index contributed by atoms with van der Waals surface area (Å²) in [5.74, 6) is 0.739. The van der Waals surface area contributed by atoms with E-state index in [0.717, 1.165) is 39.2 Å². The smallest absolute Gasteiger partial charge is 0.161 e. The first-order valence-corrected chi connectivity index (χ1v) is 18.1. The average Bonchev–Trinajstić information content (AvgIpc) is 3.84. The number of rotatable bonds is 3. The van der Waals surface area contributed by atoms with Crippen molar-refractivity contribution < 1.29 is 0 Å². The zero-order valence-electron chi connectivity index (χ0n) is 26.1.